The zero-order chi connectivity index (χ0) is 12.4. The Hall–Kier alpha value is -0.150. The molecule has 2 nitrogen and oxygen atoms in total. The van der Waals surface area contributed by atoms with Crippen LogP contribution in [-0.2, 0) is 4.74 Å². The predicted octanol–water partition coefficient (Wildman–Crippen LogP) is 4.46. The van der Waals surface area contributed by atoms with E-state index in [1.807, 2.05) is 0 Å². The first kappa shape index (κ1) is 13.3. The molecule has 2 rings (SSSR count). The number of halogens is 3. The highest BCUT2D eigenvalue weighted by Gasteiger charge is 2.27. The average molecular weight is 296 g/mol. The van der Waals surface area contributed by atoms with Crippen LogP contribution in [0, 0.1) is 0 Å². The normalized spacial score (nSPS) is 21.5. The van der Waals surface area contributed by atoms with Crippen molar-refractivity contribution < 1.29 is 9.47 Å². The zero-order valence-electron chi connectivity index (χ0n) is 9.38. The van der Waals surface area contributed by atoms with Crippen LogP contribution in [0.5, 0.6) is 5.75 Å². The number of benzene rings is 1. The molecule has 0 aromatic heterocycles. The highest BCUT2D eigenvalue weighted by Crippen LogP contribution is 2.40. The first-order valence-corrected chi connectivity index (χ1v) is 6.61. The summed E-state index contributed by atoms with van der Waals surface area (Å²) in [5.41, 5.74) is 0.797. The lowest BCUT2D eigenvalue weighted by atomic mass is 10.0. The molecule has 1 aromatic carbocycles. The van der Waals surface area contributed by atoms with Crippen LogP contribution >= 0.6 is 34.8 Å². The van der Waals surface area contributed by atoms with Crippen molar-refractivity contribution in [2.75, 3.05) is 13.7 Å². The van der Waals surface area contributed by atoms with E-state index >= 15 is 0 Å². The number of hydrogen-bond donors (Lipinski definition) is 0. The van der Waals surface area contributed by atoms with Gasteiger partial charge in [0.25, 0.3) is 0 Å². The summed E-state index contributed by atoms with van der Waals surface area (Å²) in [6, 6.07) is 3.44. The fourth-order valence-corrected chi connectivity index (χ4v) is 2.90. The average Bonchev–Trinajstić information content (AvgIpc) is 2.84. The number of ether oxygens (including phenoxy) is 2. The van der Waals surface area contributed by atoms with Crippen molar-refractivity contribution in [1.82, 2.24) is 0 Å². The Bertz CT molecular complexity index is 403. The summed E-state index contributed by atoms with van der Waals surface area (Å²) in [5, 5.41) is 0.797. The van der Waals surface area contributed by atoms with E-state index in [0.717, 1.165) is 25.0 Å². The van der Waals surface area contributed by atoms with Crippen molar-refractivity contribution in [2.45, 2.75) is 24.3 Å². The fourth-order valence-electron chi connectivity index (χ4n) is 1.95. The van der Waals surface area contributed by atoms with Gasteiger partial charge in [-0.2, -0.15) is 0 Å². The van der Waals surface area contributed by atoms with Crippen LogP contribution in [0.25, 0.3) is 0 Å². The Morgan fingerprint density at radius 1 is 1.35 bits per heavy atom. The first-order chi connectivity index (χ1) is 8.13. The smallest absolute Gasteiger partial charge is 0.138 e. The van der Waals surface area contributed by atoms with E-state index in [2.05, 4.69) is 0 Å². The van der Waals surface area contributed by atoms with Gasteiger partial charge in [-0.25, -0.2) is 0 Å². The van der Waals surface area contributed by atoms with Crippen LogP contribution in [0.15, 0.2) is 12.1 Å². The second kappa shape index (κ2) is 5.66. The maximum Gasteiger partial charge on any atom is 0.138 e. The van der Waals surface area contributed by atoms with Gasteiger partial charge in [-0.05, 0) is 24.5 Å². The number of alkyl halides is 1. The lowest BCUT2D eigenvalue weighted by Gasteiger charge is -2.19. The minimum atomic E-state index is -0.270. The Labute approximate surface area is 116 Å². The summed E-state index contributed by atoms with van der Waals surface area (Å²) in [4.78, 5) is 0. The number of hydrogen-bond acceptors (Lipinski definition) is 2. The minimum Gasteiger partial charge on any atom is -0.495 e. The highest BCUT2D eigenvalue weighted by molar-refractivity contribution is 6.35. The topological polar surface area (TPSA) is 18.5 Å². The first-order valence-electron chi connectivity index (χ1n) is 5.42. The molecule has 5 heteroatoms. The minimum absolute atomic E-state index is 0.0126. The summed E-state index contributed by atoms with van der Waals surface area (Å²) in [6.45, 7) is 0.759. The molecule has 1 aromatic rings. The van der Waals surface area contributed by atoms with Crippen molar-refractivity contribution in [1.29, 1.82) is 0 Å². The van der Waals surface area contributed by atoms with E-state index in [-0.39, 0.29) is 11.5 Å². The van der Waals surface area contributed by atoms with Gasteiger partial charge in [0.15, 0.2) is 0 Å². The molecule has 2 atom stereocenters. The van der Waals surface area contributed by atoms with Crippen molar-refractivity contribution in [3.63, 3.8) is 0 Å². The molecule has 2 unspecified atom stereocenters. The van der Waals surface area contributed by atoms with Crippen molar-refractivity contribution >= 4 is 34.8 Å². The molecular formula is C12H13Cl3O2. The van der Waals surface area contributed by atoms with E-state index in [0.29, 0.717) is 15.8 Å². The second-order valence-electron chi connectivity index (χ2n) is 3.96. The summed E-state index contributed by atoms with van der Waals surface area (Å²) in [5.74, 6) is 0.552. The number of rotatable bonds is 3. The molecule has 0 amide bonds. The standard InChI is InChI=1S/C12H13Cl3O2/c1-16-11-6-8(13)7(5-9(11)14)12(15)10-3-2-4-17-10/h5-6,10,12H,2-4H2,1H3. The molecule has 0 radical (unpaired) electrons. The van der Waals surface area contributed by atoms with Crippen LogP contribution in [0.2, 0.25) is 10.0 Å². The molecular weight excluding hydrogens is 282 g/mol. The summed E-state index contributed by atoms with van der Waals surface area (Å²) in [7, 11) is 1.55. The maximum atomic E-state index is 6.38. The van der Waals surface area contributed by atoms with Gasteiger partial charge >= 0.3 is 0 Å². The van der Waals surface area contributed by atoms with Gasteiger partial charge in [-0.3, -0.25) is 0 Å². The number of methoxy groups -OCH3 is 1. The van der Waals surface area contributed by atoms with Gasteiger partial charge in [0.1, 0.15) is 5.75 Å². The summed E-state index contributed by atoms with van der Waals surface area (Å²) >= 11 is 18.6. The van der Waals surface area contributed by atoms with E-state index in [9.17, 15) is 0 Å². The van der Waals surface area contributed by atoms with Crippen LogP contribution < -0.4 is 4.74 Å². The van der Waals surface area contributed by atoms with E-state index < -0.39 is 0 Å². The van der Waals surface area contributed by atoms with Gasteiger partial charge in [0.05, 0.1) is 23.6 Å². The third kappa shape index (κ3) is 2.82. The van der Waals surface area contributed by atoms with E-state index in [4.69, 9.17) is 44.3 Å². The maximum absolute atomic E-state index is 6.38. The van der Waals surface area contributed by atoms with Crippen LogP contribution in [0.4, 0.5) is 0 Å². The summed E-state index contributed by atoms with van der Waals surface area (Å²) in [6.07, 6.45) is 2.00. The molecule has 1 aliphatic heterocycles. The Morgan fingerprint density at radius 2 is 2.12 bits per heavy atom. The molecule has 1 aliphatic rings. The van der Waals surface area contributed by atoms with Crippen LogP contribution in [-0.4, -0.2) is 19.8 Å². The molecule has 0 spiro atoms. The Kier molecular flexibility index (Phi) is 4.42. The fraction of sp³-hybridized carbons (Fsp3) is 0.500. The van der Waals surface area contributed by atoms with Gasteiger partial charge in [0.2, 0.25) is 0 Å². The predicted molar refractivity (Wildman–Crippen MR) is 70.6 cm³/mol. The Balaban J connectivity index is 2.28. The van der Waals surface area contributed by atoms with E-state index in [1.165, 1.54) is 0 Å². The molecule has 0 saturated carbocycles. The molecule has 1 saturated heterocycles. The van der Waals surface area contributed by atoms with Gasteiger partial charge in [-0.15, -0.1) is 11.6 Å². The van der Waals surface area contributed by atoms with Crippen molar-refractivity contribution in [3.8, 4) is 5.75 Å². The van der Waals surface area contributed by atoms with Gasteiger partial charge < -0.3 is 9.47 Å². The van der Waals surface area contributed by atoms with Crippen LogP contribution in [0.1, 0.15) is 23.8 Å². The molecule has 1 fully saturated rings. The summed E-state index contributed by atoms with van der Waals surface area (Å²) < 4.78 is 10.7. The molecule has 0 bridgehead atoms. The monoisotopic (exact) mass is 294 g/mol. The highest BCUT2D eigenvalue weighted by atomic mass is 35.5. The SMILES string of the molecule is COc1cc(Cl)c(C(Cl)C2CCCO2)cc1Cl. The molecule has 17 heavy (non-hydrogen) atoms. The van der Waals surface area contributed by atoms with Crippen molar-refractivity contribution in [2.24, 2.45) is 0 Å². The Morgan fingerprint density at radius 3 is 2.71 bits per heavy atom. The zero-order valence-corrected chi connectivity index (χ0v) is 11.6. The van der Waals surface area contributed by atoms with Crippen molar-refractivity contribution in [3.05, 3.63) is 27.7 Å². The quantitative estimate of drug-likeness (QED) is 0.766. The lowest BCUT2D eigenvalue weighted by Crippen LogP contribution is -2.13. The molecule has 1 heterocycles. The third-order valence-corrected chi connectivity index (χ3v) is 4.00. The third-order valence-electron chi connectivity index (χ3n) is 2.86. The van der Waals surface area contributed by atoms with Crippen LogP contribution in [0.3, 0.4) is 0 Å². The lowest BCUT2D eigenvalue weighted by molar-refractivity contribution is 0.107. The van der Waals surface area contributed by atoms with Gasteiger partial charge in [0, 0.05) is 17.7 Å². The largest absolute Gasteiger partial charge is 0.495 e. The van der Waals surface area contributed by atoms with E-state index in [1.54, 1.807) is 19.2 Å². The van der Waals surface area contributed by atoms with Gasteiger partial charge in [-0.1, -0.05) is 23.2 Å². The molecule has 0 aliphatic carbocycles. The second-order valence-corrected chi connectivity index (χ2v) is 5.25. The molecule has 0 N–H and O–H groups in total. The molecule has 94 valence electrons.